The van der Waals surface area contributed by atoms with Crippen molar-refractivity contribution in [1.82, 2.24) is 29.9 Å². The van der Waals surface area contributed by atoms with Gasteiger partial charge in [0.15, 0.2) is 0 Å². The van der Waals surface area contributed by atoms with Gasteiger partial charge in [0.05, 0.1) is 19.8 Å². The number of aromatic nitrogens is 6. The maximum atomic E-state index is 8.71. The van der Waals surface area contributed by atoms with Crippen LogP contribution in [0.5, 0.6) is 0 Å². The van der Waals surface area contributed by atoms with Crippen LogP contribution in [-0.2, 0) is 4.74 Å². The molecule has 1 saturated carbocycles. The summed E-state index contributed by atoms with van der Waals surface area (Å²) in [4.78, 5) is 25.3. The van der Waals surface area contributed by atoms with E-state index in [0.717, 1.165) is 25.7 Å². The zero-order valence-corrected chi connectivity index (χ0v) is 15.6. The zero-order valence-electron chi connectivity index (χ0n) is 15.6. The fraction of sp³-hybridized carbons (Fsp3) is 0.625. The molecule has 2 aromatic rings. The van der Waals surface area contributed by atoms with Crippen molar-refractivity contribution in [1.29, 1.82) is 0 Å². The van der Waals surface area contributed by atoms with Crippen LogP contribution in [0.15, 0.2) is 0 Å². The van der Waals surface area contributed by atoms with Gasteiger partial charge in [-0.1, -0.05) is 6.42 Å². The third-order valence-electron chi connectivity index (χ3n) is 4.53. The molecule has 0 bridgehead atoms. The number of hydrogen-bond acceptors (Lipinski definition) is 12. The first-order valence-electron chi connectivity index (χ1n) is 9.26. The molecule has 152 valence electrons. The van der Waals surface area contributed by atoms with Crippen molar-refractivity contribution in [3.05, 3.63) is 11.6 Å². The summed E-state index contributed by atoms with van der Waals surface area (Å²) < 4.78 is 5.21. The molecule has 0 saturated heterocycles. The third-order valence-corrected chi connectivity index (χ3v) is 4.53. The van der Waals surface area contributed by atoms with Crippen LogP contribution in [0, 0.1) is 0 Å². The lowest BCUT2D eigenvalue weighted by atomic mass is 9.80. The monoisotopic (exact) mass is 390 g/mol. The quantitative estimate of drug-likeness (QED) is 0.368. The molecule has 1 aliphatic carbocycles. The summed E-state index contributed by atoms with van der Waals surface area (Å²) in [5, 5.41) is 11.8. The standard InChI is InChI=1S/C16H26N10O2/c17-13-21-11(22-14(18)25-13)9-2-1-3-10(8-9)12-23-15(19)26-16(24-12)20-4-6-28-7-5-27/h9-10,27H,1-8H2,(H4,17,18,21,22,25)(H3,19,20,23,24,26). The molecule has 12 nitrogen and oxygen atoms in total. The van der Waals surface area contributed by atoms with Gasteiger partial charge < -0.3 is 32.4 Å². The van der Waals surface area contributed by atoms with Crippen LogP contribution in [0.3, 0.4) is 0 Å². The molecule has 1 aliphatic rings. The summed E-state index contributed by atoms with van der Waals surface area (Å²) >= 11 is 0. The van der Waals surface area contributed by atoms with E-state index in [1.807, 2.05) is 0 Å². The number of nitrogens with zero attached hydrogens (tertiary/aromatic N) is 6. The van der Waals surface area contributed by atoms with E-state index < -0.39 is 0 Å². The maximum absolute atomic E-state index is 8.71. The second-order valence-electron chi connectivity index (χ2n) is 6.61. The van der Waals surface area contributed by atoms with Gasteiger partial charge >= 0.3 is 0 Å². The van der Waals surface area contributed by atoms with Gasteiger partial charge in [-0.25, -0.2) is 0 Å². The predicted molar refractivity (Wildman–Crippen MR) is 103 cm³/mol. The number of aliphatic hydroxyl groups is 1. The topological polar surface area (TPSA) is 197 Å². The molecule has 0 aromatic carbocycles. The fourth-order valence-electron chi connectivity index (χ4n) is 3.34. The summed E-state index contributed by atoms with van der Waals surface area (Å²) in [6, 6.07) is 0. The summed E-state index contributed by atoms with van der Waals surface area (Å²) in [5.41, 5.74) is 17.3. The van der Waals surface area contributed by atoms with Gasteiger partial charge in [0.25, 0.3) is 0 Å². The third kappa shape index (κ3) is 5.33. The maximum Gasteiger partial charge on any atom is 0.227 e. The molecule has 2 atom stereocenters. The predicted octanol–water partition coefficient (Wildman–Crippen LogP) is -0.335. The van der Waals surface area contributed by atoms with E-state index in [0.29, 0.717) is 37.4 Å². The molecule has 2 unspecified atom stereocenters. The van der Waals surface area contributed by atoms with E-state index in [2.05, 4.69) is 35.2 Å². The molecule has 0 radical (unpaired) electrons. The van der Waals surface area contributed by atoms with Crippen LogP contribution in [0.2, 0.25) is 0 Å². The summed E-state index contributed by atoms with van der Waals surface area (Å²) in [6.07, 6.45) is 3.62. The van der Waals surface area contributed by atoms with E-state index in [1.165, 1.54) is 0 Å². The molecule has 2 aromatic heterocycles. The molecular formula is C16H26N10O2. The first kappa shape index (κ1) is 19.9. The molecule has 1 fully saturated rings. The Morgan fingerprint density at radius 3 is 2.11 bits per heavy atom. The Balaban J connectivity index is 1.68. The first-order chi connectivity index (χ1) is 13.5. The Labute approximate surface area is 162 Å². The molecule has 0 spiro atoms. The van der Waals surface area contributed by atoms with Gasteiger partial charge in [-0.3, -0.25) is 0 Å². The minimum absolute atomic E-state index is 0.00973. The van der Waals surface area contributed by atoms with Crippen molar-refractivity contribution in [2.75, 3.05) is 48.9 Å². The average molecular weight is 390 g/mol. The number of nitrogen functional groups attached to an aromatic ring is 3. The highest BCUT2D eigenvalue weighted by atomic mass is 16.5. The Morgan fingerprint density at radius 1 is 0.857 bits per heavy atom. The fourth-order valence-corrected chi connectivity index (χ4v) is 3.34. The van der Waals surface area contributed by atoms with Crippen LogP contribution >= 0.6 is 0 Å². The number of nitrogens with one attached hydrogen (secondary N) is 1. The molecular weight excluding hydrogens is 364 g/mol. The second-order valence-corrected chi connectivity index (χ2v) is 6.61. The molecule has 28 heavy (non-hydrogen) atoms. The van der Waals surface area contributed by atoms with Crippen molar-refractivity contribution in [2.24, 2.45) is 0 Å². The van der Waals surface area contributed by atoms with E-state index in [9.17, 15) is 0 Å². The van der Waals surface area contributed by atoms with Crippen LogP contribution in [0.1, 0.15) is 49.2 Å². The lowest BCUT2D eigenvalue weighted by Gasteiger charge is -2.27. The molecule has 8 N–H and O–H groups in total. The van der Waals surface area contributed by atoms with E-state index >= 15 is 0 Å². The van der Waals surface area contributed by atoms with Crippen molar-refractivity contribution in [3.8, 4) is 0 Å². The molecule has 2 heterocycles. The van der Waals surface area contributed by atoms with Gasteiger partial charge in [0, 0.05) is 18.4 Å². The zero-order chi connectivity index (χ0) is 19.9. The smallest absolute Gasteiger partial charge is 0.227 e. The van der Waals surface area contributed by atoms with Crippen molar-refractivity contribution in [3.63, 3.8) is 0 Å². The molecule has 0 amide bonds. The van der Waals surface area contributed by atoms with Crippen molar-refractivity contribution in [2.45, 2.75) is 37.5 Å². The normalized spacial score (nSPS) is 19.5. The highest BCUT2D eigenvalue weighted by Crippen LogP contribution is 2.39. The first-order valence-corrected chi connectivity index (χ1v) is 9.26. The average Bonchev–Trinajstić information content (AvgIpc) is 2.67. The lowest BCUT2D eigenvalue weighted by molar-refractivity contribution is 0.0991. The number of aliphatic hydroxyl groups excluding tert-OH is 1. The van der Waals surface area contributed by atoms with Gasteiger partial charge in [0.2, 0.25) is 23.8 Å². The van der Waals surface area contributed by atoms with Crippen LogP contribution < -0.4 is 22.5 Å². The summed E-state index contributed by atoms with van der Waals surface area (Å²) in [6.45, 7) is 1.21. The van der Waals surface area contributed by atoms with E-state index in [4.69, 9.17) is 27.0 Å². The number of rotatable bonds is 8. The Morgan fingerprint density at radius 2 is 1.46 bits per heavy atom. The van der Waals surface area contributed by atoms with Crippen LogP contribution in [0.4, 0.5) is 23.8 Å². The minimum atomic E-state index is -0.00973. The number of ether oxygens (including phenoxy) is 1. The Bertz CT molecular complexity index is 770. The molecule has 3 rings (SSSR count). The highest BCUT2D eigenvalue weighted by molar-refractivity contribution is 5.32. The number of nitrogens with two attached hydrogens (primary N) is 3. The van der Waals surface area contributed by atoms with E-state index in [-0.39, 0.29) is 36.3 Å². The Kier molecular flexibility index (Phi) is 6.66. The molecule has 0 aliphatic heterocycles. The van der Waals surface area contributed by atoms with Gasteiger partial charge in [-0.15, -0.1) is 0 Å². The van der Waals surface area contributed by atoms with E-state index in [1.54, 1.807) is 0 Å². The summed E-state index contributed by atoms with van der Waals surface area (Å²) in [5.74, 6) is 2.29. The van der Waals surface area contributed by atoms with Crippen LogP contribution in [-0.4, -0.2) is 61.4 Å². The minimum Gasteiger partial charge on any atom is -0.394 e. The largest absolute Gasteiger partial charge is 0.394 e. The Hall–Kier alpha value is -2.86. The summed E-state index contributed by atoms with van der Waals surface area (Å²) in [7, 11) is 0. The highest BCUT2D eigenvalue weighted by Gasteiger charge is 2.29. The molecule has 12 heteroatoms. The van der Waals surface area contributed by atoms with Crippen molar-refractivity contribution < 1.29 is 9.84 Å². The van der Waals surface area contributed by atoms with Crippen LogP contribution in [0.25, 0.3) is 0 Å². The second kappa shape index (κ2) is 9.37. The van der Waals surface area contributed by atoms with Gasteiger partial charge in [-0.2, -0.15) is 29.9 Å². The number of anilines is 4. The SMILES string of the molecule is Nc1nc(N)nc(C2CCCC(c3nc(N)nc(NCCOCCO)n3)C2)n1. The van der Waals surface area contributed by atoms with Crippen molar-refractivity contribution >= 4 is 23.8 Å². The van der Waals surface area contributed by atoms with Gasteiger partial charge in [-0.05, 0) is 19.3 Å². The lowest BCUT2D eigenvalue weighted by Crippen LogP contribution is -2.20. The number of hydrogen-bond donors (Lipinski definition) is 5. The van der Waals surface area contributed by atoms with Gasteiger partial charge in [0.1, 0.15) is 11.6 Å².